The lowest BCUT2D eigenvalue weighted by Gasteiger charge is -2.31. The van der Waals surface area contributed by atoms with Gasteiger partial charge in [-0.05, 0) is 55.5 Å². The van der Waals surface area contributed by atoms with Gasteiger partial charge in [0.05, 0.1) is 12.6 Å². The van der Waals surface area contributed by atoms with Crippen molar-refractivity contribution in [3.8, 4) is 0 Å². The average Bonchev–Trinajstić information content (AvgIpc) is 3.20. The second-order valence-electron chi connectivity index (χ2n) is 8.06. The number of likely N-dealkylation sites (tertiary alicyclic amines) is 1. The molecule has 2 amide bonds. The van der Waals surface area contributed by atoms with Crippen molar-refractivity contribution in [3.05, 3.63) is 40.7 Å². The van der Waals surface area contributed by atoms with E-state index in [1.807, 2.05) is 30.1 Å². The van der Waals surface area contributed by atoms with Gasteiger partial charge in [0, 0.05) is 30.6 Å². The highest BCUT2D eigenvalue weighted by atomic mass is 35.5. The van der Waals surface area contributed by atoms with Gasteiger partial charge in [0.1, 0.15) is 6.61 Å². The minimum Gasteiger partial charge on any atom is -0.368 e. The van der Waals surface area contributed by atoms with Gasteiger partial charge in [-0.15, -0.1) is 10.2 Å². The third-order valence-corrected chi connectivity index (χ3v) is 5.75. The van der Waals surface area contributed by atoms with Gasteiger partial charge >= 0.3 is 0 Å². The summed E-state index contributed by atoms with van der Waals surface area (Å²) in [7, 11) is 0. The first-order valence-electron chi connectivity index (χ1n) is 11.1. The van der Waals surface area contributed by atoms with Crippen molar-refractivity contribution >= 4 is 23.4 Å². The standard InChI is InChI=1S/C22H31ClN6O3/c1-3-10-24-21(30)15-32-20-8-11-28(12-9-20)22(31)7-5-17-4-6-19(23)13-18(17)14-29-26-16(2)25-27-29/h5-7,13,17,20H,3-4,8-12,14-15H2,1-2H3,(H,24,30)/b7-5+. The Bertz CT molecular complexity index is 886. The van der Waals surface area contributed by atoms with E-state index in [9.17, 15) is 9.59 Å². The summed E-state index contributed by atoms with van der Waals surface area (Å²) in [6.45, 7) is 6.24. The molecular formula is C22H31ClN6O3. The summed E-state index contributed by atoms with van der Waals surface area (Å²) in [5.74, 6) is 0.559. The molecule has 2 aliphatic rings. The molecule has 0 bridgehead atoms. The van der Waals surface area contributed by atoms with Gasteiger partial charge in [-0.25, -0.2) is 0 Å². The van der Waals surface area contributed by atoms with Gasteiger partial charge in [0.15, 0.2) is 5.82 Å². The van der Waals surface area contributed by atoms with Crippen LogP contribution in [-0.2, 0) is 20.9 Å². The van der Waals surface area contributed by atoms with E-state index in [2.05, 4.69) is 20.7 Å². The molecule has 32 heavy (non-hydrogen) atoms. The van der Waals surface area contributed by atoms with Gasteiger partial charge in [0.25, 0.3) is 0 Å². The van der Waals surface area contributed by atoms with Gasteiger partial charge in [0.2, 0.25) is 11.8 Å². The smallest absolute Gasteiger partial charge is 0.246 e. The topological polar surface area (TPSA) is 102 Å². The van der Waals surface area contributed by atoms with Crippen LogP contribution < -0.4 is 5.32 Å². The number of rotatable bonds is 9. The van der Waals surface area contributed by atoms with Crippen molar-refractivity contribution in [3.63, 3.8) is 0 Å². The first-order chi connectivity index (χ1) is 15.4. The number of hydrogen-bond donors (Lipinski definition) is 1. The van der Waals surface area contributed by atoms with E-state index in [-0.39, 0.29) is 30.4 Å². The van der Waals surface area contributed by atoms with Crippen molar-refractivity contribution < 1.29 is 14.3 Å². The number of ether oxygens (including phenoxy) is 1. The normalized spacial score (nSPS) is 19.7. The number of nitrogens with one attached hydrogen (secondary N) is 1. The highest BCUT2D eigenvalue weighted by Gasteiger charge is 2.23. The Labute approximate surface area is 193 Å². The lowest BCUT2D eigenvalue weighted by Crippen LogP contribution is -2.41. The second-order valence-corrected chi connectivity index (χ2v) is 8.50. The molecule has 0 saturated carbocycles. The summed E-state index contributed by atoms with van der Waals surface area (Å²) < 4.78 is 5.69. The molecule has 174 valence electrons. The number of carbonyl (C=O) groups excluding carboxylic acids is 2. The zero-order chi connectivity index (χ0) is 22.9. The molecule has 0 spiro atoms. The summed E-state index contributed by atoms with van der Waals surface area (Å²) in [6, 6.07) is 0. The van der Waals surface area contributed by atoms with Crippen molar-refractivity contribution in [2.45, 2.75) is 52.2 Å². The molecule has 1 aliphatic heterocycles. The zero-order valence-electron chi connectivity index (χ0n) is 18.7. The van der Waals surface area contributed by atoms with Crippen LogP contribution in [0.3, 0.4) is 0 Å². The Morgan fingerprint density at radius 1 is 1.34 bits per heavy atom. The lowest BCUT2D eigenvalue weighted by atomic mass is 9.91. The van der Waals surface area contributed by atoms with Crippen LogP contribution in [0.2, 0.25) is 0 Å². The Morgan fingerprint density at radius 2 is 2.12 bits per heavy atom. The minimum absolute atomic E-state index is 0.00852. The predicted molar refractivity (Wildman–Crippen MR) is 121 cm³/mol. The van der Waals surface area contributed by atoms with Gasteiger partial charge in [-0.3, -0.25) is 9.59 Å². The third-order valence-electron chi connectivity index (χ3n) is 5.49. The highest BCUT2D eigenvalue weighted by molar-refractivity contribution is 6.31. The van der Waals surface area contributed by atoms with Gasteiger partial charge in [-0.2, -0.15) is 4.80 Å². The zero-order valence-corrected chi connectivity index (χ0v) is 19.4. The maximum absolute atomic E-state index is 12.7. The number of carbonyl (C=O) groups is 2. The summed E-state index contributed by atoms with van der Waals surface area (Å²) in [4.78, 5) is 27.7. The maximum atomic E-state index is 12.7. The van der Waals surface area contributed by atoms with E-state index in [0.717, 1.165) is 31.3 Å². The van der Waals surface area contributed by atoms with Crippen molar-refractivity contribution in [2.24, 2.45) is 5.92 Å². The Balaban J connectivity index is 1.47. The number of hydrogen-bond acceptors (Lipinski definition) is 6. The number of tetrazole rings is 1. The fourth-order valence-corrected chi connectivity index (χ4v) is 3.94. The van der Waals surface area contributed by atoms with Crippen molar-refractivity contribution in [1.82, 2.24) is 30.4 Å². The van der Waals surface area contributed by atoms with Crippen LogP contribution in [-0.4, -0.2) is 69.3 Å². The molecule has 0 aromatic carbocycles. The van der Waals surface area contributed by atoms with Crippen LogP contribution in [0.25, 0.3) is 0 Å². The molecule has 1 aromatic heterocycles. The molecule has 3 rings (SSSR count). The van der Waals surface area contributed by atoms with Crippen molar-refractivity contribution in [2.75, 3.05) is 26.2 Å². The number of nitrogens with zero attached hydrogens (tertiary/aromatic N) is 5. The summed E-state index contributed by atoms with van der Waals surface area (Å²) in [5.41, 5.74) is 1.03. The van der Waals surface area contributed by atoms with Crippen LogP contribution in [0.15, 0.2) is 34.9 Å². The number of halogens is 1. The van der Waals surface area contributed by atoms with E-state index in [4.69, 9.17) is 16.3 Å². The van der Waals surface area contributed by atoms with Crippen LogP contribution in [0.4, 0.5) is 0 Å². The molecule has 9 nitrogen and oxygen atoms in total. The van der Waals surface area contributed by atoms with E-state index in [1.165, 1.54) is 4.80 Å². The van der Waals surface area contributed by atoms with Gasteiger partial charge in [-0.1, -0.05) is 30.7 Å². The molecule has 1 saturated heterocycles. The lowest BCUT2D eigenvalue weighted by molar-refractivity contribution is -0.133. The molecule has 10 heteroatoms. The van der Waals surface area contributed by atoms with Crippen LogP contribution in [0.1, 0.15) is 38.4 Å². The Kier molecular flexibility index (Phi) is 8.99. The van der Waals surface area contributed by atoms with Crippen LogP contribution in [0.5, 0.6) is 0 Å². The van der Waals surface area contributed by atoms with Crippen molar-refractivity contribution in [1.29, 1.82) is 0 Å². The molecule has 1 N–H and O–H groups in total. The first-order valence-corrected chi connectivity index (χ1v) is 11.5. The molecule has 1 aliphatic carbocycles. The fraction of sp³-hybridized carbons (Fsp3) is 0.591. The minimum atomic E-state index is -0.0879. The predicted octanol–water partition coefficient (Wildman–Crippen LogP) is 2.14. The number of aryl methyl sites for hydroxylation is 1. The highest BCUT2D eigenvalue weighted by Crippen LogP contribution is 2.28. The Hall–Kier alpha value is -2.52. The van der Waals surface area contributed by atoms with E-state index < -0.39 is 0 Å². The Morgan fingerprint density at radius 3 is 2.81 bits per heavy atom. The molecule has 1 fully saturated rings. The molecule has 1 unspecified atom stereocenters. The second kappa shape index (κ2) is 11.9. The number of piperidine rings is 1. The molecule has 2 heterocycles. The summed E-state index contributed by atoms with van der Waals surface area (Å²) in [6.07, 6.45) is 10.5. The quantitative estimate of drug-likeness (QED) is 0.564. The molecular weight excluding hydrogens is 432 g/mol. The third kappa shape index (κ3) is 7.27. The molecule has 0 radical (unpaired) electrons. The molecule has 1 atom stereocenters. The SMILES string of the molecule is CCCNC(=O)COC1CCN(C(=O)/C=C/C2CC=C(Cl)C=C2Cn2nnc(C)n2)CC1. The largest absolute Gasteiger partial charge is 0.368 e. The number of aromatic nitrogens is 4. The number of amides is 2. The van der Waals surface area contributed by atoms with Crippen LogP contribution in [0, 0.1) is 12.8 Å². The molecule has 1 aromatic rings. The maximum Gasteiger partial charge on any atom is 0.246 e. The first kappa shape index (κ1) is 24.1. The average molecular weight is 463 g/mol. The number of allylic oxidation sites excluding steroid dienone is 5. The summed E-state index contributed by atoms with van der Waals surface area (Å²) in [5, 5.41) is 15.6. The van der Waals surface area contributed by atoms with Crippen LogP contribution >= 0.6 is 11.6 Å². The van der Waals surface area contributed by atoms with Gasteiger partial charge < -0.3 is 15.0 Å². The summed E-state index contributed by atoms with van der Waals surface area (Å²) >= 11 is 6.20. The van der Waals surface area contributed by atoms with E-state index >= 15 is 0 Å². The van der Waals surface area contributed by atoms with E-state index in [0.29, 0.717) is 37.0 Å². The fourth-order valence-electron chi connectivity index (χ4n) is 3.71. The van der Waals surface area contributed by atoms with E-state index in [1.54, 1.807) is 13.0 Å². The monoisotopic (exact) mass is 462 g/mol.